The largest absolute Gasteiger partial charge is 0.429 e. The average Bonchev–Trinajstić information content (AvgIpc) is 2.71. The molecule has 2 heterocycles. The summed E-state index contributed by atoms with van der Waals surface area (Å²) in [6, 6.07) is 3.81. The molecule has 0 saturated heterocycles. The van der Waals surface area contributed by atoms with E-state index in [4.69, 9.17) is 27.9 Å². The van der Waals surface area contributed by atoms with Crippen molar-refractivity contribution in [3.05, 3.63) is 33.6 Å². The molecule has 0 aliphatic carbocycles. The van der Waals surface area contributed by atoms with Gasteiger partial charge in [-0.1, -0.05) is 29.9 Å². The summed E-state index contributed by atoms with van der Waals surface area (Å²) in [6.07, 6.45) is 0.804. The first-order valence-electron chi connectivity index (χ1n) is 5.49. The lowest BCUT2D eigenvalue weighted by atomic mass is 10.2. The molecule has 0 aliphatic rings. The number of rotatable bonds is 4. The molecule has 0 aliphatic heterocycles. The van der Waals surface area contributed by atoms with Gasteiger partial charge in [0.1, 0.15) is 5.15 Å². The molecular formula is C12H12Cl2N2OS. The van der Waals surface area contributed by atoms with Crippen molar-refractivity contribution in [3.63, 3.8) is 0 Å². The van der Waals surface area contributed by atoms with Crippen molar-refractivity contribution in [2.45, 2.75) is 26.1 Å². The molecule has 0 radical (unpaired) electrons. The lowest BCUT2D eigenvalue weighted by Gasteiger charge is -2.07. The van der Waals surface area contributed by atoms with Gasteiger partial charge in [-0.2, -0.15) is 4.98 Å². The van der Waals surface area contributed by atoms with Gasteiger partial charge >= 0.3 is 0 Å². The standard InChI is InChI=1S/C12H12Cl2N2OS/c1-3-8-9(5-4-7(2)15-8)17-12-16-11(14)10(6-13)18-12/h4-5H,3,6H2,1-2H3. The maximum atomic E-state index is 5.93. The highest BCUT2D eigenvalue weighted by Crippen LogP contribution is 2.33. The topological polar surface area (TPSA) is 35.0 Å². The van der Waals surface area contributed by atoms with Gasteiger partial charge in [0.2, 0.25) is 0 Å². The molecule has 2 rings (SSSR count). The Hall–Kier alpha value is -0.840. The van der Waals surface area contributed by atoms with Crippen molar-refractivity contribution in [1.29, 1.82) is 0 Å². The second-order valence-electron chi connectivity index (χ2n) is 3.68. The summed E-state index contributed by atoms with van der Waals surface area (Å²) in [4.78, 5) is 9.37. The fourth-order valence-electron chi connectivity index (χ4n) is 1.48. The number of aromatic nitrogens is 2. The summed E-state index contributed by atoms with van der Waals surface area (Å²) >= 11 is 13.0. The quantitative estimate of drug-likeness (QED) is 0.775. The minimum absolute atomic E-state index is 0.340. The zero-order valence-corrected chi connectivity index (χ0v) is 12.4. The van der Waals surface area contributed by atoms with E-state index >= 15 is 0 Å². The number of nitrogens with zero attached hydrogens (tertiary/aromatic N) is 2. The first kappa shape index (κ1) is 13.6. The number of ether oxygens (including phenoxy) is 1. The van der Waals surface area contributed by atoms with Gasteiger partial charge in [-0.15, -0.1) is 11.6 Å². The molecule has 96 valence electrons. The third kappa shape index (κ3) is 2.94. The molecule has 0 fully saturated rings. The van der Waals surface area contributed by atoms with Gasteiger partial charge in [-0.25, -0.2) is 0 Å². The Morgan fingerprint density at radius 2 is 2.11 bits per heavy atom. The molecule has 0 atom stereocenters. The normalized spacial score (nSPS) is 10.7. The van der Waals surface area contributed by atoms with E-state index in [1.54, 1.807) is 0 Å². The minimum atomic E-state index is 0.340. The minimum Gasteiger partial charge on any atom is -0.429 e. The zero-order valence-electron chi connectivity index (χ0n) is 10.0. The van der Waals surface area contributed by atoms with Gasteiger partial charge < -0.3 is 4.74 Å². The Bertz CT molecular complexity index is 557. The number of aryl methyl sites for hydroxylation is 2. The smallest absolute Gasteiger partial charge is 0.280 e. The number of alkyl halides is 1. The molecule has 6 heteroatoms. The van der Waals surface area contributed by atoms with Crippen LogP contribution < -0.4 is 4.74 Å². The monoisotopic (exact) mass is 302 g/mol. The summed E-state index contributed by atoms with van der Waals surface area (Å²) in [7, 11) is 0. The van der Waals surface area contributed by atoms with Gasteiger partial charge in [0, 0.05) is 5.69 Å². The molecule has 18 heavy (non-hydrogen) atoms. The van der Waals surface area contributed by atoms with Crippen LogP contribution in [0.4, 0.5) is 0 Å². The van der Waals surface area contributed by atoms with E-state index in [1.807, 2.05) is 26.0 Å². The van der Waals surface area contributed by atoms with Crippen LogP contribution in [-0.4, -0.2) is 9.97 Å². The van der Waals surface area contributed by atoms with E-state index in [0.717, 1.165) is 28.4 Å². The van der Waals surface area contributed by atoms with Crippen LogP contribution in [0.3, 0.4) is 0 Å². The van der Waals surface area contributed by atoms with Crippen LogP contribution in [0.25, 0.3) is 0 Å². The van der Waals surface area contributed by atoms with E-state index in [2.05, 4.69) is 9.97 Å². The summed E-state index contributed by atoms with van der Waals surface area (Å²) in [5.74, 6) is 1.06. The summed E-state index contributed by atoms with van der Waals surface area (Å²) in [5, 5.41) is 0.902. The predicted molar refractivity (Wildman–Crippen MR) is 75.1 cm³/mol. The molecule has 0 amide bonds. The summed E-state index contributed by atoms with van der Waals surface area (Å²) in [6.45, 7) is 3.99. The van der Waals surface area contributed by atoms with Gasteiger partial charge in [0.05, 0.1) is 16.5 Å². The number of halogens is 2. The second kappa shape index (κ2) is 5.87. The Morgan fingerprint density at radius 1 is 1.33 bits per heavy atom. The van der Waals surface area contributed by atoms with Crippen molar-refractivity contribution in [2.24, 2.45) is 0 Å². The summed E-state index contributed by atoms with van der Waals surface area (Å²) < 4.78 is 5.72. The molecule has 0 N–H and O–H groups in total. The highest BCUT2D eigenvalue weighted by atomic mass is 35.5. The molecule has 0 saturated carbocycles. The maximum absolute atomic E-state index is 5.93. The van der Waals surface area contributed by atoms with Crippen molar-refractivity contribution in [1.82, 2.24) is 9.97 Å². The Kier molecular flexibility index (Phi) is 4.43. The van der Waals surface area contributed by atoms with Crippen LogP contribution in [0.15, 0.2) is 12.1 Å². The third-order valence-electron chi connectivity index (χ3n) is 2.36. The molecule has 0 bridgehead atoms. The SMILES string of the molecule is CCc1nc(C)ccc1Oc1nc(Cl)c(CCl)s1. The number of hydrogen-bond acceptors (Lipinski definition) is 4. The second-order valence-corrected chi connectivity index (χ2v) is 5.35. The van der Waals surface area contributed by atoms with Gasteiger partial charge in [-0.3, -0.25) is 4.98 Å². The Morgan fingerprint density at radius 3 is 2.72 bits per heavy atom. The Labute approximate surface area is 120 Å². The van der Waals surface area contributed by atoms with Crippen molar-refractivity contribution in [2.75, 3.05) is 0 Å². The van der Waals surface area contributed by atoms with E-state index in [-0.39, 0.29) is 0 Å². The van der Waals surface area contributed by atoms with Crippen LogP contribution in [0.1, 0.15) is 23.2 Å². The van der Waals surface area contributed by atoms with Crippen LogP contribution in [0.2, 0.25) is 5.15 Å². The molecular weight excluding hydrogens is 291 g/mol. The van der Waals surface area contributed by atoms with Gasteiger partial charge in [-0.05, 0) is 25.5 Å². The first-order chi connectivity index (χ1) is 8.63. The van der Waals surface area contributed by atoms with E-state index < -0.39 is 0 Å². The lowest BCUT2D eigenvalue weighted by molar-refractivity contribution is 0.469. The first-order valence-corrected chi connectivity index (χ1v) is 7.22. The number of thiazole rings is 1. The van der Waals surface area contributed by atoms with Gasteiger partial charge in [0.15, 0.2) is 5.75 Å². The van der Waals surface area contributed by atoms with E-state index in [0.29, 0.717) is 16.2 Å². The maximum Gasteiger partial charge on any atom is 0.280 e. The molecule has 2 aromatic heterocycles. The van der Waals surface area contributed by atoms with Crippen LogP contribution in [-0.2, 0) is 12.3 Å². The van der Waals surface area contributed by atoms with Crippen LogP contribution >= 0.6 is 34.5 Å². The lowest BCUT2D eigenvalue weighted by Crippen LogP contribution is -1.95. The van der Waals surface area contributed by atoms with Gasteiger partial charge in [0.25, 0.3) is 5.19 Å². The van der Waals surface area contributed by atoms with E-state index in [1.165, 1.54) is 11.3 Å². The molecule has 0 unspecified atom stereocenters. The Balaban J connectivity index is 2.27. The van der Waals surface area contributed by atoms with Crippen molar-refractivity contribution < 1.29 is 4.74 Å². The molecule has 0 aromatic carbocycles. The highest BCUT2D eigenvalue weighted by molar-refractivity contribution is 7.14. The molecule has 0 spiro atoms. The highest BCUT2D eigenvalue weighted by Gasteiger charge is 2.12. The summed E-state index contributed by atoms with van der Waals surface area (Å²) in [5.41, 5.74) is 1.88. The fourth-order valence-corrected chi connectivity index (χ4v) is 2.81. The molecule has 2 aromatic rings. The number of hydrogen-bond donors (Lipinski definition) is 0. The number of pyridine rings is 1. The van der Waals surface area contributed by atoms with Crippen LogP contribution in [0.5, 0.6) is 10.9 Å². The van der Waals surface area contributed by atoms with Crippen LogP contribution in [0, 0.1) is 6.92 Å². The zero-order chi connectivity index (χ0) is 13.1. The average molecular weight is 303 g/mol. The third-order valence-corrected chi connectivity index (χ3v) is 4.14. The van der Waals surface area contributed by atoms with Crippen molar-refractivity contribution in [3.8, 4) is 10.9 Å². The molecule has 3 nitrogen and oxygen atoms in total. The van der Waals surface area contributed by atoms with Crippen molar-refractivity contribution >= 4 is 34.5 Å². The fraction of sp³-hybridized carbons (Fsp3) is 0.333. The van der Waals surface area contributed by atoms with E-state index in [9.17, 15) is 0 Å². The predicted octanol–water partition coefficient (Wildman–Crippen LogP) is 4.59.